The monoisotopic (exact) mass is 319 g/mol. The highest BCUT2D eigenvalue weighted by atomic mass is 35.5. The molecule has 0 bridgehead atoms. The van der Waals surface area contributed by atoms with Crippen LogP contribution in [0.25, 0.3) is 5.70 Å². The van der Waals surface area contributed by atoms with Crippen molar-refractivity contribution in [3.05, 3.63) is 71.0 Å². The molecule has 0 aliphatic rings. The molecule has 2 aromatic carbocycles. The SMILES string of the molecule is CCOC(=O)C=C(Nc1ccc(F)cc1)c1cccc(Cl)c1. The number of carbonyl (C=O) groups excluding carboxylic acids is 1. The number of rotatable bonds is 5. The fourth-order valence-corrected chi connectivity index (χ4v) is 2.03. The van der Waals surface area contributed by atoms with E-state index in [1.807, 2.05) is 6.07 Å². The predicted molar refractivity (Wildman–Crippen MR) is 86.1 cm³/mol. The Morgan fingerprint density at radius 2 is 2.00 bits per heavy atom. The summed E-state index contributed by atoms with van der Waals surface area (Å²) in [5.74, 6) is -0.795. The van der Waals surface area contributed by atoms with E-state index in [0.717, 1.165) is 5.56 Å². The largest absolute Gasteiger partial charge is 0.463 e. The third-order valence-electron chi connectivity index (χ3n) is 2.81. The first kappa shape index (κ1) is 16.0. The van der Waals surface area contributed by atoms with Crippen LogP contribution in [0, 0.1) is 5.82 Å². The van der Waals surface area contributed by atoms with Gasteiger partial charge in [0.1, 0.15) is 5.82 Å². The number of anilines is 1. The molecule has 0 saturated heterocycles. The third-order valence-corrected chi connectivity index (χ3v) is 3.04. The predicted octanol–water partition coefficient (Wildman–Crippen LogP) is 4.50. The van der Waals surface area contributed by atoms with Crippen LogP contribution in [-0.4, -0.2) is 12.6 Å². The fourth-order valence-electron chi connectivity index (χ4n) is 1.84. The minimum atomic E-state index is -0.466. The molecule has 1 N–H and O–H groups in total. The van der Waals surface area contributed by atoms with Crippen molar-refractivity contribution in [3.8, 4) is 0 Å². The highest BCUT2D eigenvalue weighted by molar-refractivity contribution is 6.30. The molecule has 0 saturated carbocycles. The molecule has 3 nitrogen and oxygen atoms in total. The van der Waals surface area contributed by atoms with Crippen LogP contribution in [0.4, 0.5) is 10.1 Å². The molecule has 0 spiro atoms. The van der Waals surface area contributed by atoms with Crippen molar-refractivity contribution in [2.75, 3.05) is 11.9 Å². The Balaban J connectivity index is 2.32. The smallest absolute Gasteiger partial charge is 0.332 e. The summed E-state index contributed by atoms with van der Waals surface area (Å²) in [5, 5.41) is 3.62. The molecule has 114 valence electrons. The second kappa shape index (κ2) is 7.61. The van der Waals surface area contributed by atoms with Gasteiger partial charge >= 0.3 is 5.97 Å². The van der Waals surface area contributed by atoms with Crippen LogP contribution in [-0.2, 0) is 9.53 Å². The van der Waals surface area contributed by atoms with Crippen molar-refractivity contribution in [2.24, 2.45) is 0 Å². The summed E-state index contributed by atoms with van der Waals surface area (Å²) in [6.45, 7) is 2.02. The molecule has 0 atom stereocenters. The molecule has 0 aromatic heterocycles. The fraction of sp³-hybridized carbons (Fsp3) is 0.118. The molecular weight excluding hydrogens is 305 g/mol. The highest BCUT2D eigenvalue weighted by Gasteiger charge is 2.07. The first-order chi connectivity index (χ1) is 10.6. The summed E-state index contributed by atoms with van der Waals surface area (Å²) in [6.07, 6.45) is 1.35. The maximum absolute atomic E-state index is 13.0. The van der Waals surface area contributed by atoms with Gasteiger partial charge in [0, 0.05) is 16.8 Å². The number of hydrogen-bond acceptors (Lipinski definition) is 3. The molecule has 0 aliphatic heterocycles. The van der Waals surface area contributed by atoms with E-state index in [1.165, 1.54) is 18.2 Å². The molecule has 0 unspecified atom stereocenters. The molecule has 0 aliphatic carbocycles. The number of ether oxygens (including phenoxy) is 1. The first-order valence-electron chi connectivity index (χ1n) is 6.75. The number of halogens is 2. The number of hydrogen-bond donors (Lipinski definition) is 1. The van der Waals surface area contributed by atoms with Crippen LogP contribution in [0.5, 0.6) is 0 Å². The van der Waals surface area contributed by atoms with Gasteiger partial charge in [0.05, 0.1) is 12.3 Å². The lowest BCUT2D eigenvalue weighted by molar-refractivity contribution is -0.137. The maximum atomic E-state index is 13.0. The minimum absolute atomic E-state index is 0.286. The Kier molecular flexibility index (Phi) is 5.55. The molecular formula is C17H15ClFNO2. The van der Waals surface area contributed by atoms with Crippen LogP contribution < -0.4 is 5.32 Å². The van der Waals surface area contributed by atoms with E-state index in [0.29, 0.717) is 16.4 Å². The summed E-state index contributed by atoms with van der Waals surface area (Å²) < 4.78 is 17.9. The van der Waals surface area contributed by atoms with Gasteiger partial charge in [0.25, 0.3) is 0 Å². The van der Waals surface area contributed by atoms with Gasteiger partial charge in [-0.15, -0.1) is 0 Å². The Morgan fingerprint density at radius 3 is 2.64 bits per heavy atom. The second-order valence-corrected chi connectivity index (χ2v) is 4.89. The van der Waals surface area contributed by atoms with Crippen LogP contribution >= 0.6 is 11.6 Å². The molecule has 0 fully saturated rings. The van der Waals surface area contributed by atoms with Gasteiger partial charge in [-0.25, -0.2) is 9.18 Å². The van der Waals surface area contributed by atoms with E-state index in [-0.39, 0.29) is 12.4 Å². The summed E-state index contributed by atoms with van der Waals surface area (Å²) in [7, 11) is 0. The summed E-state index contributed by atoms with van der Waals surface area (Å²) in [6, 6.07) is 12.9. The normalized spacial score (nSPS) is 11.1. The standard InChI is InChI=1S/C17H15ClFNO2/c1-2-22-17(21)11-16(12-4-3-5-13(18)10-12)20-15-8-6-14(19)7-9-15/h3-11,20H,2H2,1H3. The van der Waals surface area contributed by atoms with E-state index in [2.05, 4.69) is 5.32 Å². The van der Waals surface area contributed by atoms with E-state index < -0.39 is 5.97 Å². The zero-order valence-electron chi connectivity index (χ0n) is 12.0. The molecule has 0 heterocycles. The van der Waals surface area contributed by atoms with Gasteiger partial charge in [-0.1, -0.05) is 23.7 Å². The van der Waals surface area contributed by atoms with Gasteiger partial charge in [-0.05, 0) is 48.9 Å². The molecule has 0 radical (unpaired) electrons. The van der Waals surface area contributed by atoms with E-state index in [4.69, 9.17) is 16.3 Å². The van der Waals surface area contributed by atoms with Crippen molar-refractivity contribution in [3.63, 3.8) is 0 Å². The summed E-state index contributed by atoms with van der Waals surface area (Å²) >= 11 is 5.99. The zero-order valence-corrected chi connectivity index (χ0v) is 12.7. The number of nitrogens with one attached hydrogen (secondary N) is 1. The average molecular weight is 320 g/mol. The molecule has 5 heteroatoms. The van der Waals surface area contributed by atoms with Gasteiger partial charge < -0.3 is 10.1 Å². The molecule has 0 amide bonds. The highest BCUT2D eigenvalue weighted by Crippen LogP contribution is 2.22. The third kappa shape index (κ3) is 4.60. The lowest BCUT2D eigenvalue weighted by atomic mass is 10.1. The van der Waals surface area contributed by atoms with E-state index in [1.54, 1.807) is 37.3 Å². The minimum Gasteiger partial charge on any atom is -0.463 e. The zero-order chi connectivity index (χ0) is 15.9. The molecule has 22 heavy (non-hydrogen) atoms. The van der Waals surface area contributed by atoms with Gasteiger partial charge in [0.2, 0.25) is 0 Å². The van der Waals surface area contributed by atoms with Crippen LogP contribution in [0.15, 0.2) is 54.6 Å². The van der Waals surface area contributed by atoms with Crippen molar-refractivity contribution in [2.45, 2.75) is 6.92 Å². The molecule has 2 aromatic rings. The van der Waals surface area contributed by atoms with E-state index >= 15 is 0 Å². The van der Waals surface area contributed by atoms with E-state index in [9.17, 15) is 9.18 Å². The Hall–Kier alpha value is -2.33. The van der Waals surface area contributed by atoms with Crippen LogP contribution in [0.1, 0.15) is 12.5 Å². The van der Waals surface area contributed by atoms with Gasteiger partial charge in [0.15, 0.2) is 0 Å². The second-order valence-electron chi connectivity index (χ2n) is 4.45. The summed E-state index contributed by atoms with van der Waals surface area (Å²) in [5.41, 5.74) is 1.90. The van der Waals surface area contributed by atoms with Crippen LogP contribution in [0.2, 0.25) is 5.02 Å². The maximum Gasteiger partial charge on any atom is 0.332 e. The number of benzene rings is 2. The number of carbonyl (C=O) groups is 1. The first-order valence-corrected chi connectivity index (χ1v) is 7.13. The lowest BCUT2D eigenvalue weighted by Gasteiger charge is -2.12. The van der Waals surface area contributed by atoms with Crippen molar-refractivity contribution >= 4 is 29.0 Å². The van der Waals surface area contributed by atoms with Crippen LogP contribution in [0.3, 0.4) is 0 Å². The van der Waals surface area contributed by atoms with Crippen molar-refractivity contribution in [1.82, 2.24) is 0 Å². The topological polar surface area (TPSA) is 38.3 Å². The Bertz CT molecular complexity index is 683. The average Bonchev–Trinajstić information content (AvgIpc) is 2.49. The summed E-state index contributed by atoms with van der Waals surface area (Å²) in [4.78, 5) is 11.7. The van der Waals surface area contributed by atoms with Crippen molar-refractivity contribution in [1.29, 1.82) is 0 Å². The van der Waals surface area contributed by atoms with Gasteiger partial charge in [-0.2, -0.15) is 0 Å². The number of esters is 1. The molecule has 2 rings (SSSR count). The Labute approximate surface area is 133 Å². The quantitative estimate of drug-likeness (QED) is 0.651. The van der Waals surface area contributed by atoms with Gasteiger partial charge in [-0.3, -0.25) is 0 Å². The Morgan fingerprint density at radius 1 is 1.27 bits per heavy atom. The van der Waals surface area contributed by atoms with Crippen molar-refractivity contribution < 1.29 is 13.9 Å². The lowest BCUT2D eigenvalue weighted by Crippen LogP contribution is -2.06.